The van der Waals surface area contributed by atoms with Gasteiger partial charge in [-0.3, -0.25) is 10.1 Å². The van der Waals surface area contributed by atoms with Crippen LogP contribution in [0.2, 0.25) is 0 Å². The van der Waals surface area contributed by atoms with Gasteiger partial charge in [0.1, 0.15) is 5.52 Å². The highest BCUT2D eigenvalue weighted by Gasteiger charge is 2.12. The number of fused-ring (bicyclic) bond motifs is 1. The van der Waals surface area contributed by atoms with Gasteiger partial charge in [-0.1, -0.05) is 32.0 Å². The van der Waals surface area contributed by atoms with E-state index in [0.717, 1.165) is 32.3 Å². The SMILES string of the molecule is CC[C@H](C)c1ccc2oc(-c3cccc(NC(=S)NC(=O)c4cccc(I)c4)c3)nc2c1. The van der Waals surface area contributed by atoms with Crippen molar-refractivity contribution < 1.29 is 9.21 Å². The van der Waals surface area contributed by atoms with Crippen LogP contribution in [-0.2, 0) is 0 Å². The van der Waals surface area contributed by atoms with E-state index in [1.165, 1.54) is 5.56 Å². The molecular formula is C25H22IN3O2S. The maximum absolute atomic E-state index is 12.4. The number of amides is 1. The Kier molecular flexibility index (Phi) is 6.86. The first kappa shape index (κ1) is 22.4. The van der Waals surface area contributed by atoms with Crippen molar-refractivity contribution in [1.82, 2.24) is 10.3 Å². The van der Waals surface area contributed by atoms with Crippen molar-refractivity contribution in [3.05, 3.63) is 81.4 Å². The van der Waals surface area contributed by atoms with Crippen LogP contribution in [0.3, 0.4) is 0 Å². The molecule has 0 saturated heterocycles. The second kappa shape index (κ2) is 9.79. The summed E-state index contributed by atoms with van der Waals surface area (Å²) in [6, 6.07) is 21.1. The number of benzene rings is 3. The maximum atomic E-state index is 12.4. The van der Waals surface area contributed by atoms with Crippen molar-refractivity contribution in [2.24, 2.45) is 0 Å². The number of thiocarbonyl (C=S) groups is 1. The highest BCUT2D eigenvalue weighted by molar-refractivity contribution is 14.1. The van der Waals surface area contributed by atoms with Crippen LogP contribution < -0.4 is 10.6 Å². The van der Waals surface area contributed by atoms with Crippen molar-refractivity contribution in [2.75, 3.05) is 5.32 Å². The van der Waals surface area contributed by atoms with Gasteiger partial charge in [0, 0.05) is 20.4 Å². The second-order valence-electron chi connectivity index (χ2n) is 7.55. The fourth-order valence-electron chi connectivity index (χ4n) is 3.31. The van der Waals surface area contributed by atoms with Gasteiger partial charge in [-0.25, -0.2) is 4.98 Å². The molecule has 2 N–H and O–H groups in total. The molecule has 0 unspecified atom stereocenters. The van der Waals surface area contributed by atoms with E-state index in [-0.39, 0.29) is 11.0 Å². The van der Waals surface area contributed by atoms with Crippen LogP contribution in [0.15, 0.2) is 71.1 Å². The lowest BCUT2D eigenvalue weighted by Gasteiger charge is -2.10. The number of carbonyl (C=O) groups excluding carboxylic acids is 1. The molecule has 4 aromatic rings. The lowest BCUT2D eigenvalue weighted by atomic mass is 9.98. The number of halogens is 1. The van der Waals surface area contributed by atoms with Gasteiger partial charge < -0.3 is 9.73 Å². The van der Waals surface area contributed by atoms with Gasteiger partial charge in [0.25, 0.3) is 5.91 Å². The number of carbonyl (C=O) groups is 1. The summed E-state index contributed by atoms with van der Waals surface area (Å²) in [7, 11) is 0. The minimum Gasteiger partial charge on any atom is -0.436 e. The molecule has 5 nitrogen and oxygen atoms in total. The Morgan fingerprint density at radius 1 is 1.12 bits per heavy atom. The van der Waals surface area contributed by atoms with Gasteiger partial charge in [0.2, 0.25) is 5.89 Å². The Bertz CT molecular complexity index is 1300. The van der Waals surface area contributed by atoms with Crippen LogP contribution in [0.4, 0.5) is 5.69 Å². The number of oxazole rings is 1. The normalized spacial score (nSPS) is 11.8. The molecule has 0 radical (unpaired) electrons. The molecule has 0 fully saturated rings. The molecule has 0 aliphatic rings. The smallest absolute Gasteiger partial charge is 0.257 e. The second-order valence-corrected chi connectivity index (χ2v) is 9.21. The maximum Gasteiger partial charge on any atom is 0.257 e. The number of aromatic nitrogens is 1. The number of rotatable bonds is 5. The molecule has 0 spiro atoms. The van der Waals surface area contributed by atoms with Gasteiger partial charge >= 0.3 is 0 Å². The van der Waals surface area contributed by atoms with Gasteiger partial charge in [0.15, 0.2) is 10.7 Å². The molecular weight excluding hydrogens is 533 g/mol. The Labute approximate surface area is 205 Å². The number of nitrogens with zero attached hydrogens (tertiary/aromatic N) is 1. The fourth-order valence-corrected chi connectivity index (χ4v) is 4.06. The topological polar surface area (TPSA) is 67.2 Å². The van der Waals surface area contributed by atoms with Gasteiger partial charge in [-0.05, 0) is 101 Å². The van der Waals surface area contributed by atoms with E-state index in [1.807, 2.05) is 42.5 Å². The van der Waals surface area contributed by atoms with Crippen LogP contribution >= 0.6 is 34.8 Å². The zero-order valence-electron chi connectivity index (χ0n) is 17.7. The first-order valence-corrected chi connectivity index (χ1v) is 11.8. The molecule has 0 aliphatic carbocycles. The molecule has 4 rings (SSSR count). The van der Waals surface area contributed by atoms with Crippen molar-refractivity contribution in [3.8, 4) is 11.5 Å². The molecule has 0 aliphatic heterocycles. The molecule has 1 aromatic heterocycles. The van der Waals surface area contributed by atoms with Crippen LogP contribution in [0.1, 0.15) is 42.1 Å². The van der Waals surface area contributed by atoms with Crippen molar-refractivity contribution in [2.45, 2.75) is 26.2 Å². The lowest BCUT2D eigenvalue weighted by Crippen LogP contribution is -2.34. The van der Waals surface area contributed by atoms with E-state index in [9.17, 15) is 4.79 Å². The Balaban J connectivity index is 1.49. The summed E-state index contributed by atoms with van der Waals surface area (Å²) in [6.45, 7) is 4.38. The summed E-state index contributed by atoms with van der Waals surface area (Å²) in [6.07, 6.45) is 1.07. The third kappa shape index (κ3) is 5.16. The lowest BCUT2D eigenvalue weighted by molar-refractivity contribution is 0.0977. The van der Waals surface area contributed by atoms with Gasteiger partial charge in [0.05, 0.1) is 0 Å². The molecule has 3 aromatic carbocycles. The van der Waals surface area contributed by atoms with E-state index in [1.54, 1.807) is 12.1 Å². The summed E-state index contributed by atoms with van der Waals surface area (Å²) in [5, 5.41) is 6.00. The summed E-state index contributed by atoms with van der Waals surface area (Å²) >= 11 is 7.49. The molecule has 1 amide bonds. The minimum atomic E-state index is -0.256. The molecule has 0 saturated carbocycles. The van der Waals surface area contributed by atoms with Crippen LogP contribution in [0.5, 0.6) is 0 Å². The number of anilines is 1. The summed E-state index contributed by atoms with van der Waals surface area (Å²) in [5.41, 5.74) is 4.96. The molecule has 1 heterocycles. The average Bonchev–Trinajstić information content (AvgIpc) is 3.22. The average molecular weight is 555 g/mol. The molecule has 32 heavy (non-hydrogen) atoms. The van der Waals surface area contributed by atoms with Crippen molar-refractivity contribution >= 4 is 62.6 Å². The molecule has 0 bridgehead atoms. The van der Waals surface area contributed by atoms with Gasteiger partial charge in [-0.2, -0.15) is 0 Å². The molecule has 1 atom stereocenters. The molecule has 162 valence electrons. The first-order valence-electron chi connectivity index (χ1n) is 10.3. The minimum absolute atomic E-state index is 0.224. The van der Waals surface area contributed by atoms with Crippen LogP contribution in [0, 0.1) is 3.57 Å². The van der Waals surface area contributed by atoms with E-state index in [0.29, 0.717) is 17.4 Å². The third-order valence-electron chi connectivity index (χ3n) is 5.27. The number of nitrogens with one attached hydrogen (secondary N) is 2. The van der Waals surface area contributed by atoms with Crippen molar-refractivity contribution in [3.63, 3.8) is 0 Å². The Hall–Kier alpha value is -2.78. The fraction of sp³-hybridized carbons (Fsp3) is 0.160. The zero-order valence-corrected chi connectivity index (χ0v) is 20.7. The third-order valence-corrected chi connectivity index (χ3v) is 6.15. The number of hydrogen-bond acceptors (Lipinski definition) is 4. The Morgan fingerprint density at radius 2 is 1.94 bits per heavy atom. The van der Waals surface area contributed by atoms with Gasteiger partial charge in [-0.15, -0.1) is 0 Å². The summed E-state index contributed by atoms with van der Waals surface area (Å²) in [5.74, 6) is 0.759. The van der Waals surface area contributed by atoms with E-state index in [4.69, 9.17) is 16.6 Å². The predicted octanol–water partition coefficient (Wildman–Crippen LogP) is 6.74. The summed E-state index contributed by atoms with van der Waals surface area (Å²) in [4.78, 5) is 17.1. The highest BCUT2D eigenvalue weighted by atomic mass is 127. The van der Waals surface area contributed by atoms with Crippen LogP contribution in [-0.4, -0.2) is 16.0 Å². The number of hydrogen-bond donors (Lipinski definition) is 2. The van der Waals surface area contributed by atoms with Crippen LogP contribution in [0.25, 0.3) is 22.6 Å². The molecule has 7 heteroatoms. The zero-order chi connectivity index (χ0) is 22.7. The first-order chi connectivity index (χ1) is 15.4. The highest BCUT2D eigenvalue weighted by Crippen LogP contribution is 2.29. The van der Waals surface area contributed by atoms with E-state index in [2.05, 4.69) is 64.2 Å². The largest absolute Gasteiger partial charge is 0.436 e. The monoisotopic (exact) mass is 555 g/mol. The predicted molar refractivity (Wildman–Crippen MR) is 141 cm³/mol. The summed E-state index contributed by atoms with van der Waals surface area (Å²) < 4.78 is 6.96. The quantitative estimate of drug-likeness (QED) is 0.211. The van der Waals surface area contributed by atoms with Crippen molar-refractivity contribution in [1.29, 1.82) is 0 Å². The van der Waals surface area contributed by atoms with E-state index >= 15 is 0 Å². The Morgan fingerprint density at radius 3 is 2.72 bits per heavy atom. The van der Waals surface area contributed by atoms with E-state index < -0.39 is 0 Å². The standard InChI is InChI=1S/C25H22IN3O2S/c1-3-15(2)16-10-11-22-21(14-16)28-24(31-22)18-7-5-9-20(13-18)27-25(32)29-23(30)17-6-4-8-19(26)12-17/h4-15H,3H2,1-2H3,(H2,27,29,30,32)/t15-/m0/s1.